The maximum absolute atomic E-state index is 6.05. The van der Waals surface area contributed by atoms with Gasteiger partial charge in [-0.15, -0.1) is 0 Å². The second-order valence-corrected chi connectivity index (χ2v) is 5.46. The van der Waals surface area contributed by atoms with Crippen LogP contribution in [0.2, 0.25) is 0 Å². The van der Waals surface area contributed by atoms with Crippen LogP contribution in [-0.2, 0) is 19.7 Å². The van der Waals surface area contributed by atoms with Crippen LogP contribution in [0.5, 0.6) is 5.75 Å². The molecular formula is C17H25N3O. The van der Waals surface area contributed by atoms with Crippen LogP contribution >= 0.6 is 0 Å². The lowest BCUT2D eigenvalue weighted by atomic mass is 10.1. The summed E-state index contributed by atoms with van der Waals surface area (Å²) in [6.07, 6.45) is 4.85. The minimum absolute atomic E-state index is 0.563. The summed E-state index contributed by atoms with van der Waals surface area (Å²) in [6.45, 7) is 8.80. The molecule has 114 valence electrons. The molecule has 0 bridgehead atoms. The predicted molar refractivity (Wildman–Crippen MR) is 85.5 cm³/mol. The van der Waals surface area contributed by atoms with Crippen LogP contribution in [0.1, 0.15) is 35.7 Å². The Hall–Kier alpha value is -1.81. The standard InChI is InChI=1S/C17H25N3O/c1-5-6-20-12-19-10-16(20)11-21-17-13(2)7-15(9-18-4)8-14(17)3/h7-8,10,12,18H,5-6,9,11H2,1-4H3. The van der Waals surface area contributed by atoms with Crippen molar-refractivity contribution < 1.29 is 4.74 Å². The number of ether oxygens (including phenoxy) is 1. The number of hydrogen-bond acceptors (Lipinski definition) is 3. The normalized spacial score (nSPS) is 10.9. The van der Waals surface area contributed by atoms with Crippen LogP contribution in [0.3, 0.4) is 0 Å². The van der Waals surface area contributed by atoms with Gasteiger partial charge in [0.2, 0.25) is 0 Å². The van der Waals surface area contributed by atoms with Crippen LogP contribution in [0, 0.1) is 13.8 Å². The highest BCUT2D eigenvalue weighted by Gasteiger charge is 2.08. The Morgan fingerprint density at radius 1 is 1.24 bits per heavy atom. The summed E-state index contributed by atoms with van der Waals surface area (Å²) in [7, 11) is 1.96. The van der Waals surface area contributed by atoms with Gasteiger partial charge in [-0.3, -0.25) is 0 Å². The van der Waals surface area contributed by atoms with Gasteiger partial charge in [-0.05, 0) is 44.0 Å². The number of hydrogen-bond donors (Lipinski definition) is 1. The lowest BCUT2D eigenvalue weighted by molar-refractivity contribution is 0.290. The van der Waals surface area contributed by atoms with E-state index >= 15 is 0 Å². The number of benzene rings is 1. The first-order valence-corrected chi connectivity index (χ1v) is 7.52. The summed E-state index contributed by atoms with van der Waals surface area (Å²) in [5.74, 6) is 0.985. The minimum atomic E-state index is 0.563. The molecule has 0 amide bonds. The molecule has 2 rings (SSSR count). The number of imidazole rings is 1. The molecule has 0 saturated carbocycles. The monoisotopic (exact) mass is 287 g/mol. The van der Waals surface area contributed by atoms with Gasteiger partial charge in [-0.2, -0.15) is 0 Å². The van der Waals surface area contributed by atoms with Gasteiger partial charge in [0, 0.05) is 13.1 Å². The molecule has 0 spiro atoms. The van der Waals surface area contributed by atoms with Crippen LogP contribution in [0.25, 0.3) is 0 Å². The second kappa shape index (κ2) is 7.27. The Labute approximate surface area is 127 Å². The molecule has 0 radical (unpaired) electrons. The summed E-state index contributed by atoms with van der Waals surface area (Å²) >= 11 is 0. The van der Waals surface area contributed by atoms with Crippen molar-refractivity contribution in [1.29, 1.82) is 0 Å². The van der Waals surface area contributed by atoms with Crippen LogP contribution < -0.4 is 10.1 Å². The Bertz CT molecular complexity index is 566. The molecule has 21 heavy (non-hydrogen) atoms. The van der Waals surface area contributed by atoms with Gasteiger partial charge < -0.3 is 14.6 Å². The molecule has 4 nitrogen and oxygen atoms in total. The SMILES string of the molecule is CCCn1cncc1COc1c(C)cc(CNC)cc1C. The quantitative estimate of drug-likeness (QED) is 0.850. The zero-order valence-corrected chi connectivity index (χ0v) is 13.4. The summed E-state index contributed by atoms with van der Waals surface area (Å²) in [5.41, 5.74) is 4.77. The molecule has 0 atom stereocenters. The van der Waals surface area contributed by atoms with Crippen LogP contribution in [0.4, 0.5) is 0 Å². The van der Waals surface area contributed by atoms with Crippen LogP contribution in [-0.4, -0.2) is 16.6 Å². The van der Waals surface area contributed by atoms with E-state index in [0.29, 0.717) is 6.61 Å². The van der Waals surface area contributed by atoms with Gasteiger partial charge in [0.25, 0.3) is 0 Å². The first kappa shape index (κ1) is 15.6. The number of nitrogens with one attached hydrogen (secondary N) is 1. The summed E-state index contributed by atoms with van der Waals surface area (Å²) in [5, 5.41) is 3.18. The fourth-order valence-corrected chi connectivity index (χ4v) is 2.63. The molecule has 0 aliphatic carbocycles. The Morgan fingerprint density at radius 2 is 1.95 bits per heavy atom. The fourth-order valence-electron chi connectivity index (χ4n) is 2.63. The fraction of sp³-hybridized carbons (Fsp3) is 0.471. The van der Waals surface area contributed by atoms with E-state index in [9.17, 15) is 0 Å². The largest absolute Gasteiger partial charge is 0.487 e. The predicted octanol–water partition coefficient (Wildman–Crippen LogP) is 3.21. The number of nitrogens with zero attached hydrogens (tertiary/aromatic N) is 2. The molecule has 2 aromatic rings. The van der Waals surface area contributed by atoms with Crippen molar-refractivity contribution in [2.75, 3.05) is 7.05 Å². The Kier molecular flexibility index (Phi) is 5.39. The average molecular weight is 287 g/mol. The van der Waals surface area contributed by atoms with Crippen molar-refractivity contribution in [2.45, 2.75) is 46.9 Å². The van der Waals surface area contributed by atoms with Gasteiger partial charge in [-0.25, -0.2) is 4.98 Å². The molecule has 1 aromatic carbocycles. The zero-order valence-electron chi connectivity index (χ0n) is 13.4. The van der Waals surface area contributed by atoms with Crippen molar-refractivity contribution in [3.63, 3.8) is 0 Å². The Balaban J connectivity index is 2.11. The highest BCUT2D eigenvalue weighted by Crippen LogP contribution is 2.25. The second-order valence-electron chi connectivity index (χ2n) is 5.46. The molecule has 0 fully saturated rings. The minimum Gasteiger partial charge on any atom is -0.487 e. The maximum atomic E-state index is 6.05. The maximum Gasteiger partial charge on any atom is 0.130 e. The van der Waals surface area contributed by atoms with Gasteiger partial charge >= 0.3 is 0 Å². The van der Waals surface area contributed by atoms with Crippen LogP contribution in [0.15, 0.2) is 24.7 Å². The topological polar surface area (TPSA) is 39.1 Å². The first-order valence-electron chi connectivity index (χ1n) is 7.52. The number of rotatable bonds is 7. The molecular weight excluding hydrogens is 262 g/mol. The third kappa shape index (κ3) is 3.85. The van der Waals surface area contributed by atoms with E-state index in [1.165, 1.54) is 16.7 Å². The van der Waals surface area contributed by atoms with E-state index in [2.05, 4.69) is 47.8 Å². The lowest BCUT2D eigenvalue weighted by Crippen LogP contribution is -2.08. The van der Waals surface area contributed by atoms with E-state index in [0.717, 1.165) is 31.0 Å². The van der Waals surface area contributed by atoms with Crippen molar-refractivity contribution in [1.82, 2.24) is 14.9 Å². The highest BCUT2D eigenvalue weighted by atomic mass is 16.5. The van der Waals surface area contributed by atoms with Crippen molar-refractivity contribution in [3.05, 3.63) is 47.0 Å². The zero-order chi connectivity index (χ0) is 15.2. The summed E-state index contributed by atoms with van der Waals surface area (Å²) in [4.78, 5) is 4.21. The van der Waals surface area contributed by atoms with E-state index in [1.807, 2.05) is 19.6 Å². The molecule has 0 aliphatic rings. The number of aromatic nitrogens is 2. The highest BCUT2D eigenvalue weighted by molar-refractivity contribution is 5.43. The van der Waals surface area contributed by atoms with Gasteiger partial charge in [0.1, 0.15) is 12.4 Å². The summed E-state index contributed by atoms with van der Waals surface area (Å²) < 4.78 is 8.20. The van der Waals surface area contributed by atoms with E-state index in [-0.39, 0.29) is 0 Å². The Morgan fingerprint density at radius 3 is 2.57 bits per heavy atom. The van der Waals surface area contributed by atoms with E-state index in [4.69, 9.17) is 4.74 Å². The third-order valence-electron chi connectivity index (χ3n) is 3.53. The molecule has 0 aliphatic heterocycles. The van der Waals surface area contributed by atoms with Crippen molar-refractivity contribution in [3.8, 4) is 5.75 Å². The lowest BCUT2D eigenvalue weighted by Gasteiger charge is -2.15. The average Bonchev–Trinajstić information content (AvgIpc) is 2.86. The molecule has 0 saturated heterocycles. The van der Waals surface area contributed by atoms with Crippen molar-refractivity contribution in [2.24, 2.45) is 0 Å². The van der Waals surface area contributed by atoms with Gasteiger partial charge in [0.15, 0.2) is 0 Å². The number of aryl methyl sites for hydroxylation is 3. The van der Waals surface area contributed by atoms with Crippen molar-refractivity contribution >= 4 is 0 Å². The smallest absolute Gasteiger partial charge is 0.130 e. The van der Waals surface area contributed by atoms with E-state index < -0.39 is 0 Å². The third-order valence-corrected chi connectivity index (χ3v) is 3.53. The van der Waals surface area contributed by atoms with E-state index in [1.54, 1.807) is 0 Å². The molecule has 1 N–H and O–H groups in total. The summed E-state index contributed by atoms with van der Waals surface area (Å²) in [6, 6.07) is 4.37. The molecule has 4 heteroatoms. The molecule has 1 heterocycles. The van der Waals surface area contributed by atoms with Gasteiger partial charge in [-0.1, -0.05) is 19.1 Å². The van der Waals surface area contributed by atoms with Gasteiger partial charge in [0.05, 0.1) is 18.2 Å². The molecule has 1 aromatic heterocycles. The molecule has 0 unspecified atom stereocenters. The first-order chi connectivity index (χ1) is 10.2.